The number of hydrogen-bond donors (Lipinski definition) is 5. The standard InChI is InChI=1S/C10H14N6O4/c11-8-5-9(14-3-16(8)12)15(2-13-5)10-7(19)6(18)4(1-17)20-10/h2-4,6-7,10-11,17-19H,1,12H2/t4-,6-,7-,10-/m1/s1. The van der Waals surface area contributed by atoms with Crippen molar-refractivity contribution in [2.75, 3.05) is 12.4 Å². The molecule has 1 aliphatic heterocycles. The van der Waals surface area contributed by atoms with Gasteiger partial charge in [0.1, 0.15) is 24.6 Å². The molecule has 3 heterocycles. The molecule has 0 radical (unpaired) electrons. The van der Waals surface area contributed by atoms with Gasteiger partial charge >= 0.3 is 0 Å². The molecule has 4 atom stereocenters. The van der Waals surface area contributed by atoms with Crippen molar-refractivity contribution in [3.05, 3.63) is 18.1 Å². The molecule has 3 rings (SSSR count). The molecule has 0 unspecified atom stereocenters. The summed E-state index contributed by atoms with van der Waals surface area (Å²) in [6.07, 6.45) is -1.68. The molecule has 0 amide bonds. The Morgan fingerprint density at radius 2 is 2.05 bits per heavy atom. The van der Waals surface area contributed by atoms with Crippen molar-refractivity contribution in [2.45, 2.75) is 24.5 Å². The van der Waals surface area contributed by atoms with E-state index >= 15 is 0 Å². The van der Waals surface area contributed by atoms with Gasteiger partial charge in [-0.25, -0.2) is 14.6 Å². The van der Waals surface area contributed by atoms with Crippen molar-refractivity contribution in [1.29, 1.82) is 5.41 Å². The molecule has 2 aromatic rings. The van der Waals surface area contributed by atoms with Crippen molar-refractivity contribution in [3.8, 4) is 0 Å². The lowest BCUT2D eigenvalue weighted by atomic mass is 10.1. The smallest absolute Gasteiger partial charge is 0.175 e. The summed E-state index contributed by atoms with van der Waals surface area (Å²) in [5.74, 6) is 5.51. The first-order valence-corrected chi connectivity index (χ1v) is 5.91. The number of aliphatic hydroxyl groups excluding tert-OH is 3. The fourth-order valence-corrected chi connectivity index (χ4v) is 2.24. The Bertz CT molecular complexity index is 697. The van der Waals surface area contributed by atoms with Crippen LogP contribution in [0.2, 0.25) is 0 Å². The van der Waals surface area contributed by atoms with Gasteiger partial charge in [-0.1, -0.05) is 0 Å². The van der Waals surface area contributed by atoms with Gasteiger partial charge < -0.3 is 25.9 Å². The van der Waals surface area contributed by atoms with E-state index in [-0.39, 0.29) is 11.0 Å². The summed E-state index contributed by atoms with van der Waals surface area (Å²) >= 11 is 0. The molecule has 20 heavy (non-hydrogen) atoms. The quantitative estimate of drug-likeness (QED) is 0.368. The Morgan fingerprint density at radius 1 is 1.30 bits per heavy atom. The molecule has 0 spiro atoms. The maximum absolute atomic E-state index is 9.97. The van der Waals surface area contributed by atoms with Crippen LogP contribution in [0.3, 0.4) is 0 Å². The topological polar surface area (TPSA) is 155 Å². The predicted octanol–water partition coefficient (Wildman–Crippen LogP) is -2.96. The summed E-state index contributed by atoms with van der Waals surface area (Å²) in [5, 5.41) is 36.6. The zero-order chi connectivity index (χ0) is 14.4. The summed E-state index contributed by atoms with van der Waals surface area (Å²) in [7, 11) is 0. The Kier molecular flexibility index (Phi) is 2.94. The van der Waals surface area contributed by atoms with Crippen molar-refractivity contribution >= 4 is 11.2 Å². The Hall–Kier alpha value is -2.01. The number of nitrogens with one attached hydrogen (secondary N) is 1. The highest BCUT2D eigenvalue weighted by Crippen LogP contribution is 2.30. The number of hydrogen-bond acceptors (Lipinski definition) is 8. The minimum atomic E-state index is -1.23. The Morgan fingerprint density at radius 3 is 2.70 bits per heavy atom. The fraction of sp³-hybridized carbons (Fsp3) is 0.500. The van der Waals surface area contributed by atoms with Gasteiger partial charge in [-0.2, -0.15) is 0 Å². The molecule has 108 valence electrons. The van der Waals surface area contributed by atoms with Crippen molar-refractivity contribution in [2.24, 2.45) is 0 Å². The van der Waals surface area contributed by atoms with Gasteiger partial charge in [0.05, 0.1) is 12.9 Å². The van der Waals surface area contributed by atoms with Crippen LogP contribution in [0.1, 0.15) is 6.23 Å². The van der Waals surface area contributed by atoms with E-state index < -0.39 is 31.1 Å². The second-order valence-electron chi connectivity index (χ2n) is 4.55. The van der Waals surface area contributed by atoms with Crippen LogP contribution in [0, 0.1) is 5.41 Å². The summed E-state index contributed by atoms with van der Waals surface area (Å²) < 4.78 is 7.80. The Labute approximate surface area is 112 Å². The van der Waals surface area contributed by atoms with E-state index in [0.717, 1.165) is 4.68 Å². The van der Waals surface area contributed by atoms with Gasteiger partial charge in [0.25, 0.3) is 0 Å². The van der Waals surface area contributed by atoms with E-state index in [0.29, 0.717) is 5.65 Å². The first-order chi connectivity index (χ1) is 9.54. The third-order valence-electron chi connectivity index (χ3n) is 3.35. The number of imidazole rings is 1. The van der Waals surface area contributed by atoms with Crippen LogP contribution in [0.4, 0.5) is 0 Å². The highest BCUT2D eigenvalue weighted by atomic mass is 16.6. The van der Waals surface area contributed by atoms with Gasteiger partial charge in [-0.3, -0.25) is 9.98 Å². The van der Waals surface area contributed by atoms with Gasteiger partial charge in [-0.05, 0) is 0 Å². The number of rotatable bonds is 2. The zero-order valence-electron chi connectivity index (χ0n) is 10.3. The molecule has 0 aromatic carbocycles. The molecule has 1 aliphatic rings. The molecular formula is C10H14N6O4. The summed E-state index contributed by atoms with van der Waals surface area (Å²) in [6, 6.07) is 0. The van der Waals surface area contributed by atoms with Crippen LogP contribution in [0.15, 0.2) is 12.7 Å². The molecule has 2 aromatic heterocycles. The SMILES string of the molecule is N=c1c2ncn([C@@H]3O[C@H](CO)[C@@H](O)[C@H]3O)c2ncn1N. The normalized spacial score (nSPS) is 30.1. The molecule has 10 heteroatoms. The van der Waals surface area contributed by atoms with Crippen LogP contribution < -0.4 is 11.3 Å². The minimum absolute atomic E-state index is 0.0412. The van der Waals surface area contributed by atoms with Crippen molar-refractivity contribution in [3.63, 3.8) is 0 Å². The third kappa shape index (κ3) is 1.70. The first kappa shape index (κ1) is 13.0. The lowest BCUT2D eigenvalue weighted by Crippen LogP contribution is -2.33. The van der Waals surface area contributed by atoms with Crippen LogP contribution in [-0.2, 0) is 4.74 Å². The van der Waals surface area contributed by atoms with Gasteiger partial charge in [0.2, 0.25) is 0 Å². The fourth-order valence-electron chi connectivity index (χ4n) is 2.24. The number of aliphatic hydroxyl groups is 3. The summed E-state index contributed by atoms with van der Waals surface area (Å²) in [4.78, 5) is 8.05. The molecule has 6 N–H and O–H groups in total. The predicted molar refractivity (Wildman–Crippen MR) is 64.5 cm³/mol. The van der Waals surface area contributed by atoms with Crippen LogP contribution >= 0.6 is 0 Å². The molecule has 0 aliphatic carbocycles. The number of ether oxygens (including phenoxy) is 1. The average Bonchev–Trinajstić information content (AvgIpc) is 2.98. The van der Waals surface area contributed by atoms with E-state index in [9.17, 15) is 10.2 Å². The van der Waals surface area contributed by atoms with Crippen molar-refractivity contribution in [1.82, 2.24) is 19.2 Å². The molecule has 0 bridgehead atoms. The third-order valence-corrected chi connectivity index (χ3v) is 3.35. The lowest BCUT2D eigenvalue weighted by molar-refractivity contribution is -0.0511. The molecule has 1 saturated heterocycles. The second kappa shape index (κ2) is 4.52. The number of aromatic nitrogens is 4. The van der Waals surface area contributed by atoms with E-state index in [2.05, 4.69) is 9.97 Å². The molecule has 10 nitrogen and oxygen atoms in total. The van der Waals surface area contributed by atoms with E-state index in [1.165, 1.54) is 17.2 Å². The molecule has 0 saturated carbocycles. The molecular weight excluding hydrogens is 268 g/mol. The summed E-state index contributed by atoms with van der Waals surface area (Å²) in [6.45, 7) is -0.415. The highest BCUT2D eigenvalue weighted by molar-refractivity contribution is 5.68. The second-order valence-corrected chi connectivity index (χ2v) is 4.55. The van der Waals surface area contributed by atoms with Gasteiger partial charge in [0, 0.05) is 0 Å². The van der Waals surface area contributed by atoms with E-state index in [1.54, 1.807) is 0 Å². The zero-order valence-corrected chi connectivity index (χ0v) is 10.3. The van der Waals surface area contributed by atoms with E-state index in [4.69, 9.17) is 21.1 Å². The van der Waals surface area contributed by atoms with Crippen LogP contribution in [-0.4, -0.2) is 59.4 Å². The summed E-state index contributed by atoms with van der Waals surface area (Å²) in [5.41, 5.74) is 0.500. The van der Waals surface area contributed by atoms with Crippen LogP contribution in [0.5, 0.6) is 0 Å². The number of nitrogen functional groups attached to an aromatic ring is 1. The first-order valence-electron chi connectivity index (χ1n) is 5.91. The van der Waals surface area contributed by atoms with Gasteiger partial charge in [0.15, 0.2) is 22.9 Å². The highest BCUT2D eigenvalue weighted by Gasteiger charge is 2.43. The number of nitrogens with zero attached hydrogens (tertiary/aromatic N) is 4. The Balaban J connectivity index is 2.08. The number of fused-ring (bicyclic) bond motifs is 1. The largest absolute Gasteiger partial charge is 0.394 e. The molecule has 1 fully saturated rings. The number of nitrogens with two attached hydrogens (primary N) is 1. The lowest BCUT2D eigenvalue weighted by Gasteiger charge is -2.16. The minimum Gasteiger partial charge on any atom is -0.394 e. The van der Waals surface area contributed by atoms with Crippen LogP contribution in [0.25, 0.3) is 11.2 Å². The monoisotopic (exact) mass is 282 g/mol. The average molecular weight is 282 g/mol. The maximum atomic E-state index is 9.97. The van der Waals surface area contributed by atoms with E-state index in [1.807, 2.05) is 0 Å². The maximum Gasteiger partial charge on any atom is 0.175 e. The van der Waals surface area contributed by atoms with Gasteiger partial charge in [-0.15, -0.1) is 0 Å². The van der Waals surface area contributed by atoms with Crippen molar-refractivity contribution < 1.29 is 20.1 Å².